The molecule has 0 radical (unpaired) electrons. The lowest BCUT2D eigenvalue weighted by Crippen LogP contribution is -2.40. The van der Waals surface area contributed by atoms with Gasteiger partial charge in [-0.2, -0.15) is 4.98 Å². The van der Waals surface area contributed by atoms with Gasteiger partial charge in [-0.3, -0.25) is 4.79 Å². The monoisotopic (exact) mass is 324 g/mol. The molecule has 1 aromatic heterocycles. The fraction of sp³-hybridized carbons (Fsp3) is 0.263. The van der Waals surface area contributed by atoms with Gasteiger partial charge < -0.3 is 14.1 Å². The number of benzene rings is 2. The summed E-state index contributed by atoms with van der Waals surface area (Å²) >= 11 is 0. The Morgan fingerprint density at radius 2 is 2.00 bits per heavy atom. The van der Waals surface area contributed by atoms with Crippen LogP contribution >= 0.6 is 0 Å². The first kappa shape index (κ1) is 16.1. The molecular formula is C19H20N2O3. The summed E-state index contributed by atoms with van der Waals surface area (Å²) in [4.78, 5) is 18.6. The summed E-state index contributed by atoms with van der Waals surface area (Å²) in [6, 6.07) is 15.2. The lowest BCUT2D eigenvalue weighted by atomic mass is 10.2. The fourth-order valence-corrected chi connectivity index (χ4v) is 2.61. The molecule has 0 N–H and O–H groups in total. The van der Waals surface area contributed by atoms with Crippen molar-refractivity contribution in [2.75, 3.05) is 11.5 Å². The highest BCUT2D eigenvalue weighted by Gasteiger charge is 2.20. The van der Waals surface area contributed by atoms with Crippen molar-refractivity contribution in [3.05, 3.63) is 54.1 Å². The fourth-order valence-electron chi connectivity index (χ4n) is 2.61. The molecule has 0 atom stereocenters. The lowest BCUT2D eigenvalue weighted by molar-refractivity contribution is -0.121. The Hall–Kier alpha value is -2.82. The Kier molecular flexibility index (Phi) is 4.51. The molecule has 2 aromatic carbocycles. The Morgan fingerprint density at radius 3 is 2.71 bits per heavy atom. The molecule has 0 aliphatic heterocycles. The van der Waals surface area contributed by atoms with Crippen LogP contribution in [-0.4, -0.2) is 23.5 Å². The summed E-state index contributed by atoms with van der Waals surface area (Å²) < 4.78 is 10.9. The van der Waals surface area contributed by atoms with Crippen molar-refractivity contribution in [1.82, 2.24) is 4.98 Å². The topological polar surface area (TPSA) is 55.6 Å². The summed E-state index contributed by atoms with van der Waals surface area (Å²) in [5.41, 5.74) is 3.31. The molecule has 0 saturated carbocycles. The van der Waals surface area contributed by atoms with Crippen molar-refractivity contribution in [2.24, 2.45) is 0 Å². The zero-order chi connectivity index (χ0) is 17.1. The van der Waals surface area contributed by atoms with Crippen molar-refractivity contribution >= 4 is 22.7 Å². The van der Waals surface area contributed by atoms with Gasteiger partial charge in [0.05, 0.1) is 0 Å². The number of rotatable bonds is 5. The molecule has 0 aliphatic rings. The normalized spacial score (nSPS) is 11.0. The van der Waals surface area contributed by atoms with Crippen molar-refractivity contribution in [2.45, 2.75) is 26.8 Å². The molecule has 3 aromatic rings. The van der Waals surface area contributed by atoms with Crippen molar-refractivity contribution < 1.29 is 13.9 Å². The minimum atomic E-state index is -0.141. The maximum atomic E-state index is 12.6. The van der Waals surface area contributed by atoms with E-state index >= 15 is 0 Å². The summed E-state index contributed by atoms with van der Waals surface area (Å²) in [6.45, 7) is 5.82. The van der Waals surface area contributed by atoms with Crippen LogP contribution < -0.4 is 9.64 Å². The molecule has 24 heavy (non-hydrogen) atoms. The van der Waals surface area contributed by atoms with E-state index in [4.69, 9.17) is 9.15 Å². The molecule has 1 heterocycles. The van der Waals surface area contributed by atoms with Crippen LogP contribution in [0.5, 0.6) is 6.08 Å². The van der Waals surface area contributed by atoms with Crippen LogP contribution in [0.4, 0.5) is 5.69 Å². The number of hydrogen-bond acceptors (Lipinski definition) is 4. The maximum Gasteiger partial charge on any atom is 0.395 e. The van der Waals surface area contributed by atoms with Gasteiger partial charge in [0.25, 0.3) is 5.91 Å². The number of para-hydroxylation sites is 2. The molecule has 0 bridgehead atoms. The number of aryl methyl sites for hydroxylation is 1. The van der Waals surface area contributed by atoms with E-state index in [1.165, 1.54) is 0 Å². The SMILES string of the molecule is Cc1cccc(N(C(=O)COc2nc3ccccc3o2)C(C)C)c1. The van der Waals surface area contributed by atoms with Crippen molar-refractivity contribution in [3.63, 3.8) is 0 Å². The highest BCUT2D eigenvalue weighted by molar-refractivity contribution is 5.95. The standard InChI is InChI=1S/C19H20N2O3/c1-13(2)21(15-8-6-7-14(3)11-15)18(22)12-23-19-20-16-9-4-5-10-17(16)24-19/h4-11,13H,12H2,1-3H3. The summed E-state index contributed by atoms with van der Waals surface area (Å²) in [5.74, 6) is -0.141. The largest absolute Gasteiger partial charge is 0.440 e. The van der Waals surface area contributed by atoms with Gasteiger partial charge >= 0.3 is 6.08 Å². The average Bonchev–Trinajstić information content (AvgIpc) is 2.96. The van der Waals surface area contributed by atoms with Crippen LogP contribution in [0.1, 0.15) is 19.4 Å². The summed E-state index contributed by atoms with van der Waals surface area (Å²) in [5, 5.41) is 0. The Labute approximate surface area is 140 Å². The van der Waals surface area contributed by atoms with Gasteiger partial charge in [-0.1, -0.05) is 24.3 Å². The van der Waals surface area contributed by atoms with Crippen molar-refractivity contribution in [1.29, 1.82) is 0 Å². The second-order valence-electron chi connectivity index (χ2n) is 5.93. The van der Waals surface area contributed by atoms with E-state index in [9.17, 15) is 4.79 Å². The van der Waals surface area contributed by atoms with Gasteiger partial charge in [0.2, 0.25) is 0 Å². The van der Waals surface area contributed by atoms with Gasteiger partial charge in [-0.25, -0.2) is 0 Å². The molecule has 0 saturated heterocycles. The van der Waals surface area contributed by atoms with Crippen LogP contribution in [0.15, 0.2) is 52.9 Å². The molecule has 5 nitrogen and oxygen atoms in total. The molecule has 0 spiro atoms. The van der Waals surface area contributed by atoms with Crippen LogP contribution in [0.3, 0.4) is 0 Å². The molecule has 1 amide bonds. The van der Waals surface area contributed by atoms with Crippen LogP contribution in [-0.2, 0) is 4.79 Å². The molecule has 5 heteroatoms. The van der Waals surface area contributed by atoms with Gasteiger partial charge in [-0.15, -0.1) is 0 Å². The van der Waals surface area contributed by atoms with Gasteiger partial charge in [-0.05, 0) is 50.6 Å². The zero-order valence-corrected chi connectivity index (χ0v) is 14.0. The highest BCUT2D eigenvalue weighted by atomic mass is 16.6. The van der Waals surface area contributed by atoms with E-state index in [-0.39, 0.29) is 24.6 Å². The molecule has 0 unspecified atom stereocenters. The van der Waals surface area contributed by atoms with E-state index in [2.05, 4.69) is 4.98 Å². The maximum absolute atomic E-state index is 12.6. The first-order valence-corrected chi connectivity index (χ1v) is 7.91. The number of fused-ring (bicyclic) bond motifs is 1. The predicted molar refractivity (Wildman–Crippen MR) is 93.3 cm³/mol. The lowest BCUT2D eigenvalue weighted by Gasteiger charge is -2.26. The molecule has 0 fully saturated rings. The number of carbonyl (C=O) groups is 1. The third kappa shape index (κ3) is 3.40. The van der Waals surface area contributed by atoms with Crippen LogP contribution in [0.25, 0.3) is 11.1 Å². The second-order valence-corrected chi connectivity index (χ2v) is 5.93. The summed E-state index contributed by atoms with van der Waals surface area (Å²) in [7, 11) is 0. The van der Waals surface area contributed by atoms with E-state index in [1.807, 2.05) is 69.3 Å². The number of hydrogen-bond donors (Lipinski definition) is 0. The number of ether oxygens (including phenoxy) is 1. The van der Waals surface area contributed by atoms with Gasteiger partial charge in [0, 0.05) is 11.7 Å². The number of aromatic nitrogens is 1. The number of oxazole rings is 1. The highest BCUT2D eigenvalue weighted by Crippen LogP contribution is 2.21. The number of carbonyl (C=O) groups excluding carboxylic acids is 1. The van der Waals surface area contributed by atoms with Gasteiger partial charge in [0.15, 0.2) is 12.2 Å². The zero-order valence-electron chi connectivity index (χ0n) is 14.0. The van der Waals surface area contributed by atoms with E-state index in [0.29, 0.717) is 11.1 Å². The molecule has 3 rings (SSSR count). The Morgan fingerprint density at radius 1 is 1.21 bits per heavy atom. The van der Waals surface area contributed by atoms with Crippen LogP contribution in [0.2, 0.25) is 0 Å². The Bertz CT molecular complexity index is 821. The third-order valence-electron chi connectivity index (χ3n) is 3.66. The second kappa shape index (κ2) is 6.74. The van der Waals surface area contributed by atoms with Crippen molar-refractivity contribution in [3.8, 4) is 6.08 Å². The van der Waals surface area contributed by atoms with E-state index < -0.39 is 0 Å². The average molecular weight is 324 g/mol. The van der Waals surface area contributed by atoms with Crippen LogP contribution in [0, 0.1) is 6.92 Å². The predicted octanol–water partition coefficient (Wildman–Crippen LogP) is 3.96. The minimum Gasteiger partial charge on any atom is -0.440 e. The first-order valence-electron chi connectivity index (χ1n) is 7.91. The quantitative estimate of drug-likeness (QED) is 0.713. The molecular weight excluding hydrogens is 304 g/mol. The number of nitrogens with zero attached hydrogens (tertiary/aromatic N) is 2. The molecule has 124 valence electrons. The summed E-state index contributed by atoms with van der Waals surface area (Å²) in [6.07, 6.45) is 0.109. The third-order valence-corrected chi connectivity index (χ3v) is 3.66. The molecule has 0 aliphatic carbocycles. The number of amides is 1. The number of anilines is 1. The van der Waals surface area contributed by atoms with Gasteiger partial charge in [0.1, 0.15) is 5.52 Å². The Balaban J connectivity index is 1.74. The van der Waals surface area contributed by atoms with E-state index in [0.717, 1.165) is 11.3 Å². The van der Waals surface area contributed by atoms with E-state index in [1.54, 1.807) is 4.90 Å². The first-order chi connectivity index (χ1) is 11.5. The smallest absolute Gasteiger partial charge is 0.395 e. The minimum absolute atomic E-state index is 0.0199.